The second-order valence-electron chi connectivity index (χ2n) is 13.5. The van der Waals surface area contributed by atoms with Crippen molar-refractivity contribution in [2.24, 2.45) is 0 Å². The predicted molar refractivity (Wildman–Crippen MR) is 198 cm³/mol. The van der Waals surface area contributed by atoms with Crippen LogP contribution in [-0.2, 0) is 42.6 Å². The third-order valence-corrected chi connectivity index (χ3v) is 10.9. The molecule has 4 aromatic carbocycles. The molecule has 4 aromatic rings. The Kier molecular flexibility index (Phi) is 11.9. The molecule has 0 aliphatic carbocycles. The minimum atomic E-state index is -1.42. The summed E-state index contributed by atoms with van der Waals surface area (Å²) in [5, 5.41) is 12.1. The number of esters is 2. The van der Waals surface area contributed by atoms with Crippen molar-refractivity contribution in [1.82, 2.24) is 0 Å². The van der Waals surface area contributed by atoms with Crippen LogP contribution in [0.15, 0.2) is 121 Å². The van der Waals surface area contributed by atoms with E-state index in [-0.39, 0.29) is 18.8 Å². The highest BCUT2D eigenvalue weighted by molar-refractivity contribution is 7.99. The number of hydrogen-bond donors (Lipinski definition) is 1. The Morgan fingerprint density at radius 2 is 1.09 bits per heavy atom. The summed E-state index contributed by atoms with van der Waals surface area (Å²) in [6.45, 7) is 2.16. The summed E-state index contributed by atoms with van der Waals surface area (Å²) in [6.07, 6.45) is -11.1. The molecule has 8 rings (SSSR count). The first-order valence-corrected chi connectivity index (χ1v) is 19.4. The van der Waals surface area contributed by atoms with Crippen LogP contribution in [0, 0.1) is 0 Å². The number of aliphatic hydroxyl groups is 1. The topological polar surface area (TPSA) is 137 Å². The summed E-state index contributed by atoms with van der Waals surface area (Å²) < 4.78 is 57.4. The van der Waals surface area contributed by atoms with Crippen LogP contribution in [0.4, 0.5) is 0 Å². The number of benzene rings is 4. The average molecular weight is 771 g/mol. The number of carbonyl (C=O) groups excluding carboxylic acids is 2. The number of hydrogen-bond acceptors (Lipinski definition) is 13. The van der Waals surface area contributed by atoms with Gasteiger partial charge in [-0.15, -0.1) is 11.8 Å². The standard InChI is InChI=1S/C42H42O12S/c1-2-55-42-36(51-38(45)26-17-9-4-10-18-26)35(33-30(49-42)24-47-40(53-33)28-21-13-6-14-22-28)54-41-34(50-37(44)25-15-7-3-8-16-25)31(43)32-29(48-41)23-46-39(52-32)27-19-11-5-12-20-27/h3-22,29-36,39-43H,2,23-24H2,1H3/t29?,30?,31-,32-,33-,34?,35-,36?,39?,40?,41-,42-/m0/s1. The lowest BCUT2D eigenvalue weighted by molar-refractivity contribution is -0.387. The van der Waals surface area contributed by atoms with Crippen molar-refractivity contribution >= 4 is 23.7 Å². The monoisotopic (exact) mass is 770 g/mol. The molecule has 55 heavy (non-hydrogen) atoms. The van der Waals surface area contributed by atoms with Gasteiger partial charge in [0.05, 0.1) is 24.3 Å². The zero-order valence-electron chi connectivity index (χ0n) is 29.9. The molecule has 4 heterocycles. The van der Waals surface area contributed by atoms with Crippen LogP contribution in [0.25, 0.3) is 0 Å². The van der Waals surface area contributed by atoms with E-state index in [1.807, 2.05) is 73.7 Å². The second-order valence-corrected chi connectivity index (χ2v) is 14.8. The van der Waals surface area contributed by atoms with E-state index < -0.39 is 85.1 Å². The zero-order valence-corrected chi connectivity index (χ0v) is 30.8. The van der Waals surface area contributed by atoms with Crippen LogP contribution in [0.1, 0.15) is 51.3 Å². The van der Waals surface area contributed by atoms with Gasteiger partial charge in [-0.05, 0) is 30.0 Å². The van der Waals surface area contributed by atoms with E-state index in [4.69, 9.17) is 42.6 Å². The maximum absolute atomic E-state index is 13.7. The van der Waals surface area contributed by atoms with Crippen LogP contribution < -0.4 is 0 Å². The molecule has 4 aliphatic heterocycles. The Morgan fingerprint density at radius 3 is 1.62 bits per heavy atom. The van der Waals surface area contributed by atoms with E-state index in [2.05, 4.69) is 0 Å². The number of thioether (sulfide) groups is 1. The molecule has 0 saturated carbocycles. The molecule has 4 aliphatic rings. The molecule has 4 saturated heterocycles. The molecule has 12 atom stereocenters. The molecule has 0 spiro atoms. The molecule has 13 heteroatoms. The van der Waals surface area contributed by atoms with Crippen molar-refractivity contribution in [3.8, 4) is 0 Å². The molecule has 4 fully saturated rings. The normalized spacial score (nSPS) is 33.1. The summed E-state index contributed by atoms with van der Waals surface area (Å²) in [4.78, 5) is 27.3. The molecule has 0 bridgehead atoms. The fourth-order valence-corrected chi connectivity index (χ4v) is 8.12. The van der Waals surface area contributed by atoms with Crippen molar-refractivity contribution in [2.45, 2.75) is 80.1 Å². The van der Waals surface area contributed by atoms with Crippen LogP contribution >= 0.6 is 11.8 Å². The Bertz CT molecular complexity index is 1850. The number of fused-ring (bicyclic) bond motifs is 2. The van der Waals surface area contributed by atoms with Crippen LogP contribution in [-0.4, -0.2) is 96.6 Å². The summed E-state index contributed by atoms with van der Waals surface area (Å²) in [5.41, 5.74) is 1.43. The fraction of sp³-hybridized carbons (Fsp3) is 0.381. The minimum Gasteiger partial charge on any atom is -0.452 e. The van der Waals surface area contributed by atoms with Crippen molar-refractivity contribution in [3.63, 3.8) is 0 Å². The van der Waals surface area contributed by atoms with Gasteiger partial charge in [0, 0.05) is 11.1 Å². The molecule has 0 aromatic heterocycles. The lowest BCUT2D eigenvalue weighted by Gasteiger charge is -2.51. The van der Waals surface area contributed by atoms with E-state index in [0.717, 1.165) is 11.1 Å². The Balaban J connectivity index is 1.14. The summed E-state index contributed by atoms with van der Waals surface area (Å²) in [6, 6.07) is 35.8. The lowest BCUT2D eigenvalue weighted by atomic mass is 9.95. The second kappa shape index (κ2) is 17.3. The van der Waals surface area contributed by atoms with E-state index in [9.17, 15) is 14.7 Å². The smallest absolute Gasteiger partial charge is 0.338 e. The number of rotatable bonds is 10. The van der Waals surface area contributed by atoms with Crippen LogP contribution in [0.2, 0.25) is 0 Å². The number of ether oxygens (including phenoxy) is 9. The number of aliphatic hydroxyl groups excluding tert-OH is 1. The van der Waals surface area contributed by atoms with Crippen molar-refractivity contribution in [2.75, 3.05) is 19.0 Å². The van der Waals surface area contributed by atoms with Gasteiger partial charge in [0.1, 0.15) is 42.1 Å². The van der Waals surface area contributed by atoms with Gasteiger partial charge < -0.3 is 47.7 Å². The minimum absolute atomic E-state index is 0.0431. The van der Waals surface area contributed by atoms with E-state index in [1.54, 1.807) is 54.6 Å². The quantitative estimate of drug-likeness (QED) is 0.200. The Labute approximate surface area is 322 Å². The maximum Gasteiger partial charge on any atom is 0.338 e. The zero-order chi connectivity index (χ0) is 37.7. The molecule has 12 nitrogen and oxygen atoms in total. The largest absolute Gasteiger partial charge is 0.452 e. The fourth-order valence-electron chi connectivity index (χ4n) is 7.17. The maximum atomic E-state index is 13.7. The SMILES string of the molecule is CCS[C@@H]1OC2COC(c3ccccc3)O[C@@H]2[C@H](O[C@@H]2OC3COC(c4ccccc4)O[C@@H]3[C@H](O)C2OC(=O)c2ccccc2)C1OC(=O)c1ccccc1. The van der Waals surface area contributed by atoms with Crippen LogP contribution in [0.3, 0.4) is 0 Å². The van der Waals surface area contributed by atoms with Gasteiger partial charge in [0.2, 0.25) is 0 Å². The Morgan fingerprint density at radius 1 is 0.618 bits per heavy atom. The summed E-state index contributed by atoms with van der Waals surface area (Å²) >= 11 is 1.44. The highest BCUT2D eigenvalue weighted by Crippen LogP contribution is 2.42. The van der Waals surface area contributed by atoms with Gasteiger partial charge in [0.25, 0.3) is 0 Å². The average Bonchev–Trinajstić information content (AvgIpc) is 3.24. The molecular weight excluding hydrogens is 729 g/mol. The first-order chi connectivity index (χ1) is 27.0. The van der Waals surface area contributed by atoms with Gasteiger partial charge in [-0.2, -0.15) is 0 Å². The van der Waals surface area contributed by atoms with E-state index >= 15 is 0 Å². The summed E-state index contributed by atoms with van der Waals surface area (Å²) in [5.74, 6) is -0.665. The third-order valence-electron chi connectivity index (χ3n) is 9.86. The molecule has 6 unspecified atom stereocenters. The third kappa shape index (κ3) is 8.36. The highest BCUT2D eigenvalue weighted by atomic mass is 32.2. The Hall–Kier alpha value is -4.15. The van der Waals surface area contributed by atoms with Gasteiger partial charge in [-0.3, -0.25) is 0 Å². The van der Waals surface area contributed by atoms with Gasteiger partial charge in [0.15, 0.2) is 31.1 Å². The number of carbonyl (C=O) groups is 2. The molecule has 0 amide bonds. The molecule has 0 radical (unpaired) electrons. The van der Waals surface area contributed by atoms with Crippen molar-refractivity contribution in [3.05, 3.63) is 144 Å². The van der Waals surface area contributed by atoms with E-state index in [0.29, 0.717) is 11.3 Å². The summed E-state index contributed by atoms with van der Waals surface area (Å²) in [7, 11) is 0. The molecule has 288 valence electrons. The highest BCUT2D eigenvalue weighted by Gasteiger charge is 2.57. The first-order valence-electron chi connectivity index (χ1n) is 18.4. The van der Waals surface area contributed by atoms with Crippen molar-refractivity contribution < 1.29 is 57.3 Å². The predicted octanol–water partition coefficient (Wildman–Crippen LogP) is 5.62. The van der Waals surface area contributed by atoms with Crippen molar-refractivity contribution in [1.29, 1.82) is 0 Å². The lowest BCUT2D eigenvalue weighted by Crippen LogP contribution is -2.67. The van der Waals surface area contributed by atoms with Gasteiger partial charge in [-0.25, -0.2) is 9.59 Å². The van der Waals surface area contributed by atoms with Gasteiger partial charge in [-0.1, -0.05) is 104 Å². The van der Waals surface area contributed by atoms with Crippen LogP contribution in [0.5, 0.6) is 0 Å². The first kappa shape index (κ1) is 37.8. The molecular formula is C42H42O12S. The van der Waals surface area contributed by atoms with Gasteiger partial charge >= 0.3 is 11.9 Å². The van der Waals surface area contributed by atoms with E-state index in [1.165, 1.54) is 11.8 Å². The molecule has 1 N–H and O–H groups in total.